The molecule has 0 unspecified atom stereocenters. The normalized spacial score (nSPS) is 15.9. The SMILES string of the molecule is C=CCNC(=O)CN1CCN(C(=O)CCCCBr)CC1. The minimum atomic E-state index is 0.0157. The zero-order chi connectivity index (χ0) is 14.8. The Hall–Kier alpha value is -0.880. The van der Waals surface area contributed by atoms with Crippen molar-refractivity contribution in [1.82, 2.24) is 15.1 Å². The molecular weight excluding hydrogens is 322 g/mol. The molecule has 0 spiro atoms. The lowest BCUT2D eigenvalue weighted by Crippen LogP contribution is -2.51. The van der Waals surface area contributed by atoms with Gasteiger partial charge in [0.15, 0.2) is 0 Å². The molecular formula is C14H24BrN3O2. The number of hydrogen-bond acceptors (Lipinski definition) is 3. The van der Waals surface area contributed by atoms with E-state index in [1.54, 1.807) is 6.08 Å². The monoisotopic (exact) mass is 345 g/mol. The van der Waals surface area contributed by atoms with Gasteiger partial charge in [0.25, 0.3) is 0 Å². The van der Waals surface area contributed by atoms with Gasteiger partial charge in [0.1, 0.15) is 0 Å². The molecule has 1 aliphatic heterocycles. The molecule has 0 saturated carbocycles. The largest absolute Gasteiger partial charge is 0.352 e. The van der Waals surface area contributed by atoms with Crippen LogP contribution in [-0.4, -0.2) is 66.2 Å². The second kappa shape index (κ2) is 9.94. The maximum Gasteiger partial charge on any atom is 0.234 e. The van der Waals surface area contributed by atoms with Crippen LogP contribution in [0.5, 0.6) is 0 Å². The van der Waals surface area contributed by atoms with Crippen LogP contribution >= 0.6 is 15.9 Å². The number of nitrogens with zero attached hydrogens (tertiary/aromatic N) is 2. The van der Waals surface area contributed by atoms with E-state index >= 15 is 0 Å². The number of unbranched alkanes of at least 4 members (excludes halogenated alkanes) is 1. The van der Waals surface area contributed by atoms with Gasteiger partial charge in [0.05, 0.1) is 6.54 Å². The molecule has 20 heavy (non-hydrogen) atoms. The van der Waals surface area contributed by atoms with Crippen molar-refractivity contribution >= 4 is 27.7 Å². The van der Waals surface area contributed by atoms with Crippen LogP contribution in [0.3, 0.4) is 0 Å². The first-order valence-corrected chi connectivity index (χ1v) is 8.23. The Morgan fingerprint density at radius 2 is 1.90 bits per heavy atom. The van der Waals surface area contributed by atoms with Crippen molar-refractivity contribution in [3.63, 3.8) is 0 Å². The number of hydrogen-bond donors (Lipinski definition) is 1. The van der Waals surface area contributed by atoms with E-state index in [0.717, 1.165) is 44.4 Å². The molecule has 1 heterocycles. The molecule has 2 amide bonds. The van der Waals surface area contributed by atoms with Gasteiger partial charge in [-0.1, -0.05) is 22.0 Å². The molecule has 0 atom stereocenters. The summed E-state index contributed by atoms with van der Waals surface area (Å²) in [7, 11) is 0. The number of carbonyl (C=O) groups excluding carboxylic acids is 2. The molecule has 1 aliphatic rings. The Morgan fingerprint density at radius 1 is 1.20 bits per heavy atom. The molecule has 1 rings (SSSR count). The Kier molecular flexibility index (Phi) is 8.53. The van der Waals surface area contributed by atoms with Crippen LogP contribution in [0, 0.1) is 0 Å². The number of amides is 2. The van der Waals surface area contributed by atoms with Crippen molar-refractivity contribution in [2.45, 2.75) is 19.3 Å². The molecule has 6 heteroatoms. The van der Waals surface area contributed by atoms with Gasteiger partial charge < -0.3 is 10.2 Å². The average molecular weight is 346 g/mol. The van der Waals surface area contributed by atoms with Crippen LogP contribution in [0.2, 0.25) is 0 Å². The molecule has 0 aromatic carbocycles. The minimum absolute atomic E-state index is 0.0157. The third kappa shape index (κ3) is 6.52. The molecule has 5 nitrogen and oxygen atoms in total. The second-order valence-electron chi connectivity index (χ2n) is 4.90. The zero-order valence-corrected chi connectivity index (χ0v) is 13.5. The van der Waals surface area contributed by atoms with E-state index in [9.17, 15) is 9.59 Å². The highest BCUT2D eigenvalue weighted by Crippen LogP contribution is 2.07. The van der Waals surface area contributed by atoms with Crippen molar-refractivity contribution < 1.29 is 9.59 Å². The van der Waals surface area contributed by atoms with E-state index in [1.165, 1.54) is 0 Å². The van der Waals surface area contributed by atoms with Crippen LogP contribution in [0.25, 0.3) is 0 Å². The predicted octanol–water partition coefficient (Wildman–Crippen LogP) is 0.998. The molecule has 0 aromatic rings. The number of alkyl halides is 1. The lowest BCUT2D eigenvalue weighted by Gasteiger charge is -2.34. The highest BCUT2D eigenvalue weighted by Gasteiger charge is 2.21. The Bertz CT molecular complexity index is 328. The molecule has 1 saturated heterocycles. The van der Waals surface area contributed by atoms with Gasteiger partial charge in [-0.25, -0.2) is 0 Å². The standard InChI is InChI=1S/C14H24BrN3O2/c1-2-7-16-13(19)12-17-8-10-18(11-9-17)14(20)5-3-4-6-15/h2H,1,3-12H2,(H,16,19). The van der Waals surface area contributed by atoms with Crippen LogP contribution in [0.1, 0.15) is 19.3 Å². The first-order valence-electron chi connectivity index (χ1n) is 7.11. The predicted molar refractivity (Wildman–Crippen MR) is 83.9 cm³/mol. The highest BCUT2D eigenvalue weighted by molar-refractivity contribution is 9.09. The van der Waals surface area contributed by atoms with Crippen molar-refractivity contribution in [2.75, 3.05) is 44.6 Å². The van der Waals surface area contributed by atoms with Crippen LogP contribution < -0.4 is 5.32 Å². The maximum atomic E-state index is 11.9. The van der Waals surface area contributed by atoms with Crippen LogP contribution in [0.4, 0.5) is 0 Å². The van der Waals surface area contributed by atoms with E-state index in [4.69, 9.17) is 0 Å². The fraction of sp³-hybridized carbons (Fsp3) is 0.714. The summed E-state index contributed by atoms with van der Waals surface area (Å²) in [6.07, 6.45) is 4.27. The van der Waals surface area contributed by atoms with E-state index in [0.29, 0.717) is 19.5 Å². The molecule has 1 N–H and O–H groups in total. The van der Waals surface area contributed by atoms with Crippen LogP contribution in [0.15, 0.2) is 12.7 Å². The molecule has 0 radical (unpaired) electrons. The fourth-order valence-corrected chi connectivity index (χ4v) is 2.53. The molecule has 0 bridgehead atoms. The van der Waals surface area contributed by atoms with Gasteiger partial charge in [0, 0.05) is 44.5 Å². The minimum Gasteiger partial charge on any atom is -0.352 e. The van der Waals surface area contributed by atoms with Gasteiger partial charge in [-0.15, -0.1) is 6.58 Å². The average Bonchev–Trinajstić information content (AvgIpc) is 2.46. The van der Waals surface area contributed by atoms with E-state index < -0.39 is 0 Å². The first kappa shape index (κ1) is 17.2. The summed E-state index contributed by atoms with van der Waals surface area (Å²) in [5.74, 6) is 0.253. The third-order valence-electron chi connectivity index (χ3n) is 3.31. The quantitative estimate of drug-likeness (QED) is 0.405. The summed E-state index contributed by atoms with van der Waals surface area (Å²) in [6, 6.07) is 0. The Labute approximate surface area is 129 Å². The summed E-state index contributed by atoms with van der Waals surface area (Å²) in [6.45, 7) is 7.46. The third-order valence-corrected chi connectivity index (χ3v) is 3.87. The van der Waals surface area contributed by atoms with E-state index in [-0.39, 0.29) is 11.8 Å². The molecule has 0 aliphatic carbocycles. The zero-order valence-electron chi connectivity index (χ0n) is 11.9. The van der Waals surface area contributed by atoms with Gasteiger partial charge in [-0.2, -0.15) is 0 Å². The van der Waals surface area contributed by atoms with Crippen molar-refractivity contribution in [3.8, 4) is 0 Å². The Morgan fingerprint density at radius 3 is 2.50 bits per heavy atom. The van der Waals surface area contributed by atoms with Gasteiger partial charge in [0.2, 0.25) is 11.8 Å². The van der Waals surface area contributed by atoms with E-state index in [1.807, 2.05) is 4.90 Å². The smallest absolute Gasteiger partial charge is 0.234 e. The maximum absolute atomic E-state index is 11.9. The number of piperazine rings is 1. The summed E-state index contributed by atoms with van der Waals surface area (Å²) in [4.78, 5) is 27.5. The van der Waals surface area contributed by atoms with Crippen molar-refractivity contribution in [2.24, 2.45) is 0 Å². The molecule has 0 aromatic heterocycles. The highest BCUT2D eigenvalue weighted by atomic mass is 79.9. The lowest BCUT2D eigenvalue weighted by molar-refractivity contribution is -0.133. The van der Waals surface area contributed by atoms with Crippen molar-refractivity contribution in [3.05, 3.63) is 12.7 Å². The lowest BCUT2D eigenvalue weighted by atomic mass is 10.2. The fourth-order valence-electron chi connectivity index (χ4n) is 2.13. The Balaban J connectivity index is 2.20. The van der Waals surface area contributed by atoms with Gasteiger partial charge >= 0.3 is 0 Å². The summed E-state index contributed by atoms with van der Waals surface area (Å²) in [5.41, 5.74) is 0. The number of carbonyl (C=O) groups is 2. The van der Waals surface area contributed by atoms with Gasteiger partial charge in [-0.05, 0) is 12.8 Å². The topological polar surface area (TPSA) is 52.7 Å². The summed E-state index contributed by atoms with van der Waals surface area (Å²) in [5, 5.41) is 3.72. The molecule has 1 fully saturated rings. The van der Waals surface area contributed by atoms with E-state index in [2.05, 4.69) is 32.7 Å². The number of rotatable bonds is 8. The van der Waals surface area contributed by atoms with Crippen molar-refractivity contribution in [1.29, 1.82) is 0 Å². The summed E-state index contributed by atoms with van der Waals surface area (Å²) < 4.78 is 0. The van der Waals surface area contributed by atoms with Crippen LogP contribution in [-0.2, 0) is 9.59 Å². The molecule has 114 valence electrons. The van der Waals surface area contributed by atoms with Gasteiger partial charge in [-0.3, -0.25) is 14.5 Å². The number of halogens is 1. The first-order chi connectivity index (χ1) is 9.67. The summed E-state index contributed by atoms with van der Waals surface area (Å²) >= 11 is 3.37. The number of nitrogens with one attached hydrogen (secondary N) is 1. The second-order valence-corrected chi connectivity index (χ2v) is 5.69.